The molecule has 2 aromatic heterocycles. The van der Waals surface area contributed by atoms with E-state index in [9.17, 15) is 0 Å². The molecule has 3 rings (SSSR count). The zero-order valence-electron chi connectivity index (χ0n) is 15.5. The first kappa shape index (κ1) is 18.7. The van der Waals surface area contributed by atoms with E-state index in [0.717, 1.165) is 18.9 Å². The number of nitrogens with one attached hydrogen (secondary N) is 2. The van der Waals surface area contributed by atoms with Crippen molar-refractivity contribution < 1.29 is 0 Å². The molecule has 0 amide bonds. The lowest BCUT2D eigenvalue weighted by atomic mass is 10.0. The van der Waals surface area contributed by atoms with Crippen LogP contribution in [0, 0.1) is 10.8 Å². The van der Waals surface area contributed by atoms with E-state index in [-0.39, 0.29) is 11.6 Å². The van der Waals surface area contributed by atoms with Crippen molar-refractivity contribution in [3.05, 3.63) is 47.4 Å². The molecule has 1 saturated heterocycles. The van der Waals surface area contributed by atoms with Crippen LogP contribution in [-0.2, 0) is 0 Å². The Morgan fingerprint density at radius 3 is 2.78 bits per heavy atom. The molecule has 7 nitrogen and oxygen atoms in total. The molecule has 2 aromatic rings. The van der Waals surface area contributed by atoms with E-state index < -0.39 is 0 Å². The molecule has 0 bridgehead atoms. The lowest BCUT2D eigenvalue weighted by molar-refractivity contribution is 0.573. The van der Waals surface area contributed by atoms with Crippen molar-refractivity contribution in [2.24, 2.45) is 4.99 Å². The third-order valence-corrected chi connectivity index (χ3v) is 4.73. The number of anilines is 2. The highest BCUT2D eigenvalue weighted by Crippen LogP contribution is 2.22. The van der Waals surface area contributed by atoms with Gasteiger partial charge in [0.25, 0.3) is 0 Å². The number of nitrogen functional groups attached to an aromatic ring is 1. The summed E-state index contributed by atoms with van der Waals surface area (Å²) in [5.41, 5.74) is 8.56. The van der Waals surface area contributed by atoms with Crippen molar-refractivity contribution in [1.29, 1.82) is 10.8 Å². The number of nitrogens with two attached hydrogens (primary N) is 1. The van der Waals surface area contributed by atoms with Gasteiger partial charge in [-0.05, 0) is 37.5 Å². The monoisotopic (exact) mass is 363 g/mol. The molecule has 0 aliphatic carbocycles. The van der Waals surface area contributed by atoms with Gasteiger partial charge in [-0.3, -0.25) is 15.4 Å². The van der Waals surface area contributed by atoms with Crippen LogP contribution < -0.4 is 10.6 Å². The average molecular weight is 363 g/mol. The fourth-order valence-electron chi connectivity index (χ4n) is 3.25. The average Bonchev–Trinajstić information content (AvgIpc) is 2.73. The zero-order valence-corrected chi connectivity index (χ0v) is 15.5. The third-order valence-electron chi connectivity index (χ3n) is 4.73. The summed E-state index contributed by atoms with van der Waals surface area (Å²) in [7, 11) is 1.66. The summed E-state index contributed by atoms with van der Waals surface area (Å²) in [4.78, 5) is 15.3. The molecule has 27 heavy (non-hydrogen) atoms. The predicted molar refractivity (Wildman–Crippen MR) is 111 cm³/mol. The summed E-state index contributed by atoms with van der Waals surface area (Å²) < 4.78 is 0. The molecule has 1 aliphatic rings. The van der Waals surface area contributed by atoms with Gasteiger partial charge in [0, 0.05) is 38.1 Å². The van der Waals surface area contributed by atoms with Crippen LogP contribution in [0.5, 0.6) is 0 Å². The van der Waals surface area contributed by atoms with E-state index >= 15 is 0 Å². The Kier molecular flexibility index (Phi) is 5.90. The number of aliphatic imine (C=N–C) groups is 1. The molecule has 1 aliphatic heterocycles. The lowest BCUT2D eigenvalue weighted by Gasteiger charge is -2.28. The van der Waals surface area contributed by atoms with Crippen LogP contribution in [-0.4, -0.2) is 48.2 Å². The molecule has 3 heterocycles. The molecular weight excluding hydrogens is 338 g/mol. The van der Waals surface area contributed by atoms with Crippen molar-refractivity contribution >= 4 is 29.6 Å². The summed E-state index contributed by atoms with van der Waals surface area (Å²) in [6, 6.07) is 7.51. The van der Waals surface area contributed by atoms with Crippen LogP contribution in [0.3, 0.4) is 0 Å². The third kappa shape index (κ3) is 4.19. The number of pyridine rings is 2. The number of hydrogen-bond acceptors (Lipinski definition) is 7. The quantitative estimate of drug-likeness (QED) is 0.684. The van der Waals surface area contributed by atoms with E-state index in [1.165, 1.54) is 31.7 Å². The maximum Gasteiger partial charge on any atom is 0.129 e. The van der Waals surface area contributed by atoms with Crippen LogP contribution >= 0.6 is 0 Å². The van der Waals surface area contributed by atoms with E-state index in [2.05, 4.69) is 14.9 Å². The maximum atomic E-state index is 8.64. The van der Waals surface area contributed by atoms with Crippen molar-refractivity contribution in [2.75, 3.05) is 30.8 Å². The molecule has 140 valence electrons. The van der Waals surface area contributed by atoms with Crippen molar-refractivity contribution in [3.63, 3.8) is 0 Å². The van der Waals surface area contributed by atoms with Crippen LogP contribution in [0.4, 0.5) is 11.5 Å². The first-order valence-electron chi connectivity index (χ1n) is 9.13. The molecule has 0 radical (unpaired) electrons. The number of nitrogens with zero attached hydrogens (tertiary/aromatic N) is 4. The molecule has 1 unspecified atom stereocenters. The Morgan fingerprint density at radius 2 is 2.07 bits per heavy atom. The van der Waals surface area contributed by atoms with E-state index in [0.29, 0.717) is 22.6 Å². The fourth-order valence-corrected chi connectivity index (χ4v) is 3.25. The second kappa shape index (κ2) is 8.53. The van der Waals surface area contributed by atoms with Crippen molar-refractivity contribution in [1.82, 2.24) is 9.97 Å². The van der Waals surface area contributed by atoms with Gasteiger partial charge in [-0.25, -0.2) is 4.98 Å². The van der Waals surface area contributed by atoms with Gasteiger partial charge in [-0.15, -0.1) is 0 Å². The number of rotatable bonds is 6. The second-order valence-corrected chi connectivity index (χ2v) is 6.60. The minimum Gasteiger partial charge on any atom is -0.397 e. The van der Waals surface area contributed by atoms with Crippen molar-refractivity contribution in [3.8, 4) is 0 Å². The molecule has 4 N–H and O–H groups in total. The summed E-state index contributed by atoms with van der Waals surface area (Å²) in [6.07, 6.45) is 8.07. The number of piperidine rings is 1. The smallest absolute Gasteiger partial charge is 0.129 e. The van der Waals surface area contributed by atoms with E-state index in [4.69, 9.17) is 21.5 Å². The minimum absolute atomic E-state index is 0.257. The van der Waals surface area contributed by atoms with Gasteiger partial charge in [-0.2, -0.15) is 0 Å². The van der Waals surface area contributed by atoms with Crippen LogP contribution in [0.1, 0.15) is 42.1 Å². The molecule has 7 heteroatoms. The van der Waals surface area contributed by atoms with E-state index in [1.807, 2.05) is 18.2 Å². The summed E-state index contributed by atoms with van der Waals surface area (Å²) in [5.74, 6) is 0.565. The highest BCUT2D eigenvalue weighted by atomic mass is 15.2. The van der Waals surface area contributed by atoms with Gasteiger partial charge in [0.15, 0.2) is 0 Å². The number of aromatic nitrogens is 2. The Balaban J connectivity index is 1.92. The fraction of sp³-hybridized carbons (Fsp3) is 0.350. The van der Waals surface area contributed by atoms with Gasteiger partial charge in [0.1, 0.15) is 5.82 Å². The molecule has 1 atom stereocenters. The maximum absolute atomic E-state index is 8.64. The summed E-state index contributed by atoms with van der Waals surface area (Å²) in [5, 5.41) is 16.2. The van der Waals surface area contributed by atoms with Crippen LogP contribution in [0.15, 0.2) is 35.5 Å². The summed E-state index contributed by atoms with van der Waals surface area (Å²) in [6.45, 7) is 2.01. The Morgan fingerprint density at radius 1 is 1.30 bits per heavy atom. The van der Waals surface area contributed by atoms with E-state index in [1.54, 1.807) is 19.3 Å². The molecular formula is C20H25N7. The molecule has 1 fully saturated rings. The molecule has 0 spiro atoms. The first-order chi connectivity index (χ1) is 13.1. The Labute approximate surface area is 159 Å². The van der Waals surface area contributed by atoms with Crippen LogP contribution in [0.2, 0.25) is 0 Å². The van der Waals surface area contributed by atoms with Gasteiger partial charge in [0.2, 0.25) is 0 Å². The van der Waals surface area contributed by atoms with Gasteiger partial charge >= 0.3 is 0 Å². The molecule has 0 saturated carbocycles. The normalized spacial score (nSPS) is 15.7. The summed E-state index contributed by atoms with van der Waals surface area (Å²) >= 11 is 0. The van der Waals surface area contributed by atoms with Crippen LogP contribution in [0.25, 0.3) is 0 Å². The minimum atomic E-state index is -0.338. The zero-order chi connectivity index (χ0) is 19.2. The van der Waals surface area contributed by atoms with Gasteiger partial charge in [0.05, 0.1) is 34.9 Å². The standard InChI is InChI=1S/C20H25N7/c1-24-12-14(11-21)18-10-15(16(22)13-25-18)20(23)17-6-5-7-19(26-17)27-8-3-2-4-9-27/h5-7,10-14,21,23H,2-4,8-9,22H2,1H3. The first-order valence-corrected chi connectivity index (χ1v) is 9.13. The SMILES string of the molecule is CN=CC(C=N)c1cc(C(=N)c2cccc(N3CCCCC3)n2)c(N)cn1. The Hall–Kier alpha value is -3.09. The topological polar surface area (TPSA) is 115 Å². The lowest BCUT2D eigenvalue weighted by Crippen LogP contribution is -2.30. The highest BCUT2D eigenvalue weighted by molar-refractivity contribution is 6.13. The molecule has 0 aromatic carbocycles. The Bertz CT molecular complexity index is 853. The van der Waals surface area contributed by atoms with Crippen molar-refractivity contribution in [2.45, 2.75) is 25.2 Å². The predicted octanol–water partition coefficient (Wildman–Crippen LogP) is 2.90. The number of hydrogen-bond donors (Lipinski definition) is 3. The second-order valence-electron chi connectivity index (χ2n) is 6.60. The highest BCUT2D eigenvalue weighted by Gasteiger charge is 2.17. The van der Waals surface area contributed by atoms with Gasteiger partial charge in [-0.1, -0.05) is 6.07 Å². The largest absolute Gasteiger partial charge is 0.397 e. The van der Waals surface area contributed by atoms with Gasteiger partial charge < -0.3 is 16.0 Å².